The summed E-state index contributed by atoms with van der Waals surface area (Å²) in [5.74, 6) is 0. The van der Waals surface area contributed by atoms with Crippen molar-refractivity contribution in [1.82, 2.24) is 14.8 Å². The highest BCUT2D eigenvalue weighted by Gasteiger charge is 2.22. The highest BCUT2D eigenvalue weighted by atomic mass is 15.1. The van der Waals surface area contributed by atoms with Gasteiger partial charge in [-0.1, -0.05) is 30.3 Å². The first-order valence-electron chi connectivity index (χ1n) is 6.87. The van der Waals surface area contributed by atoms with Crippen LogP contribution in [0.25, 0.3) is 0 Å². The van der Waals surface area contributed by atoms with E-state index in [1.807, 2.05) is 0 Å². The maximum atomic E-state index is 3.62. The minimum absolute atomic E-state index is 0.325. The summed E-state index contributed by atoms with van der Waals surface area (Å²) in [5.41, 5.74) is 4.13. The molecule has 0 amide bonds. The molecule has 1 aromatic carbocycles. The molecule has 0 saturated carbocycles. The lowest BCUT2D eigenvalue weighted by molar-refractivity contribution is 0.374. The molecule has 1 atom stereocenters. The Hall–Kier alpha value is -1.58. The fourth-order valence-electron chi connectivity index (χ4n) is 2.87. The molecule has 2 aromatic rings. The summed E-state index contributed by atoms with van der Waals surface area (Å²) in [6.45, 7) is 3.10. The Morgan fingerprint density at radius 3 is 2.68 bits per heavy atom. The van der Waals surface area contributed by atoms with Crippen molar-refractivity contribution in [3.8, 4) is 0 Å². The predicted octanol–water partition coefficient (Wildman–Crippen LogP) is 2.24. The molecule has 1 unspecified atom stereocenters. The van der Waals surface area contributed by atoms with Crippen molar-refractivity contribution in [3.63, 3.8) is 0 Å². The summed E-state index contributed by atoms with van der Waals surface area (Å²) < 4.78 is 2.47. The molecule has 0 saturated heterocycles. The largest absolute Gasteiger partial charge is 0.344 e. The van der Waals surface area contributed by atoms with Crippen LogP contribution in [0.1, 0.15) is 23.0 Å². The van der Waals surface area contributed by atoms with Crippen LogP contribution < -0.4 is 5.32 Å². The molecule has 2 heterocycles. The number of rotatable bonds is 3. The van der Waals surface area contributed by atoms with E-state index in [1.165, 1.54) is 17.0 Å². The zero-order valence-corrected chi connectivity index (χ0v) is 11.6. The fourth-order valence-corrected chi connectivity index (χ4v) is 2.87. The van der Waals surface area contributed by atoms with Gasteiger partial charge in [0.2, 0.25) is 0 Å². The molecule has 1 aliphatic heterocycles. The molecule has 0 fully saturated rings. The summed E-state index contributed by atoms with van der Waals surface area (Å²) in [4.78, 5) is 2.22. The van der Waals surface area contributed by atoms with E-state index in [9.17, 15) is 0 Å². The second-order valence-corrected chi connectivity index (χ2v) is 5.44. The Morgan fingerprint density at radius 1 is 1.16 bits per heavy atom. The standard InChI is InChI=1S/C16H21N3/c1-18(2)12-14-8-9-15-16(17-10-11-19(14)15)13-6-4-3-5-7-13/h3-9,16-17H,10-12H2,1-2H3. The Bertz CT molecular complexity index is 542. The number of aromatic nitrogens is 1. The molecule has 1 N–H and O–H groups in total. The van der Waals surface area contributed by atoms with Crippen LogP contribution in [-0.4, -0.2) is 30.1 Å². The Labute approximate surface area is 114 Å². The van der Waals surface area contributed by atoms with E-state index in [-0.39, 0.29) is 0 Å². The molecule has 0 aliphatic carbocycles. The van der Waals surface area contributed by atoms with Crippen molar-refractivity contribution in [1.29, 1.82) is 0 Å². The minimum atomic E-state index is 0.325. The summed E-state index contributed by atoms with van der Waals surface area (Å²) >= 11 is 0. The van der Waals surface area contributed by atoms with Gasteiger partial charge >= 0.3 is 0 Å². The monoisotopic (exact) mass is 255 g/mol. The number of hydrogen-bond acceptors (Lipinski definition) is 2. The third-order valence-electron chi connectivity index (χ3n) is 3.70. The molecule has 3 nitrogen and oxygen atoms in total. The quantitative estimate of drug-likeness (QED) is 0.907. The fraction of sp³-hybridized carbons (Fsp3) is 0.375. The Balaban J connectivity index is 1.95. The van der Waals surface area contributed by atoms with Crippen molar-refractivity contribution in [2.75, 3.05) is 20.6 Å². The van der Waals surface area contributed by atoms with E-state index in [4.69, 9.17) is 0 Å². The lowest BCUT2D eigenvalue weighted by Gasteiger charge is -2.28. The number of benzene rings is 1. The molecule has 1 aliphatic rings. The van der Waals surface area contributed by atoms with Crippen molar-refractivity contribution in [2.24, 2.45) is 0 Å². The Morgan fingerprint density at radius 2 is 1.95 bits per heavy atom. The SMILES string of the molecule is CN(C)Cc1ccc2n1CCNC2c1ccccc1. The highest BCUT2D eigenvalue weighted by molar-refractivity contribution is 5.32. The lowest BCUT2D eigenvalue weighted by atomic mass is 10.0. The number of nitrogens with zero attached hydrogens (tertiary/aromatic N) is 2. The molecule has 1 aromatic heterocycles. The van der Waals surface area contributed by atoms with Crippen molar-refractivity contribution in [3.05, 3.63) is 59.4 Å². The van der Waals surface area contributed by atoms with Gasteiger partial charge in [0.05, 0.1) is 6.04 Å². The molecular weight excluding hydrogens is 234 g/mol. The minimum Gasteiger partial charge on any atom is -0.344 e. The first-order valence-corrected chi connectivity index (χ1v) is 6.87. The smallest absolute Gasteiger partial charge is 0.0731 e. The van der Waals surface area contributed by atoms with E-state index in [0.29, 0.717) is 6.04 Å². The normalized spacial score (nSPS) is 18.6. The van der Waals surface area contributed by atoms with Crippen molar-refractivity contribution < 1.29 is 0 Å². The topological polar surface area (TPSA) is 20.2 Å². The van der Waals surface area contributed by atoms with Crippen molar-refractivity contribution >= 4 is 0 Å². The molecular formula is C16H21N3. The lowest BCUT2D eigenvalue weighted by Crippen LogP contribution is -2.34. The van der Waals surface area contributed by atoms with Crippen LogP contribution >= 0.6 is 0 Å². The molecule has 100 valence electrons. The first-order chi connectivity index (χ1) is 9.25. The van der Waals surface area contributed by atoms with Crippen LogP contribution in [0.5, 0.6) is 0 Å². The van der Waals surface area contributed by atoms with Gasteiger partial charge in [-0.25, -0.2) is 0 Å². The van der Waals surface area contributed by atoms with Gasteiger partial charge in [-0.3, -0.25) is 0 Å². The number of nitrogens with one attached hydrogen (secondary N) is 1. The van der Waals surface area contributed by atoms with Gasteiger partial charge in [-0.05, 0) is 31.8 Å². The summed E-state index contributed by atoms with van der Waals surface area (Å²) in [6.07, 6.45) is 0. The van der Waals surface area contributed by atoms with E-state index >= 15 is 0 Å². The maximum absolute atomic E-state index is 3.62. The van der Waals surface area contributed by atoms with Crippen LogP contribution in [0.4, 0.5) is 0 Å². The van der Waals surface area contributed by atoms with Crippen LogP contribution in [0.2, 0.25) is 0 Å². The molecule has 0 radical (unpaired) electrons. The van der Waals surface area contributed by atoms with Gasteiger partial charge in [-0.15, -0.1) is 0 Å². The summed E-state index contributed by atoms with van der Waals surface area (Å²) in [7, 11) is 4.24. The average molecular weight is 255 g/mol. The summed E-state index contributed by atoms with van der Waals surface area (Å²) in [6, 6.07) is 15.5. The maximum Gasteiger partial charge on any atom is 0.0731 e. The van der Waals surface area contributed by atoms with Gasteiger partial charge in [0, 0.05) is 31.0 Å². The van der Waals surface area contributed by atoms with E-state index in [1.54, 1.807) is 0 Å². The number of fused-ring (bicyclic) bond motifs is 1. The van der Waals surface area contributed by atoms with Gasteiger partial charge in [0.25, 0.3) is 0 Å². The zero-order chi connectivity index (χ0) is 13.2. The second-order valence-electron chi connectivity index (χ2n) is 5.44. The van der Waals surface area contributed by atoms with Gasteiger partial charge in [0.1, 0.15) is 0 Å². The van der Waals surface area contributed by atoms with Crippen LogP contribution in [0, 0.1) is 0 Å². The predicted molar refractivity (Wildman–Crippen MR) is 78.1 cm³/mol. The summed E-state index contributed by atoms with van der Waals surface area (Å²) in [5, 5.41) is 3.62. The van der Waals surface area contributed by atoms with Gasteiger partial charge < -0.3 is 14.8 Å². The van der Waals surface area contributed by atoms with E-state index in [0.717, 1.165) is 19.6 Å². The molecule has 19 heavy (non-hydrogen) atoms. The van der Waals surface area contributed by atoms with E-state index < -0.39 is 0 Å². The van der Waals surface area contributed by atoms with E-state index in [2.05, 4.69) is 71.3 Å². The third-order valence-corrected chi connectivity index (χ3v) is 3.70. The zero-order valence-electron chi connectivity index (χ0n) is 11.6. The van der Waals surface area contributed by atoms with Crippen LogP contribution in [-0.2, 0) is 13.1 Å². The van der Waals surface area contributed by atoms with Gasteiger partial charge in [-0.2, -0.15) is 0 Å². The average Bonchev–Trinajstić information content (AvgIpc) is 2.82. The molecule has 0 bridgehead atoms. The van der Waals surface area contributed by atoms with Crippen molar-refractivity contribution in [2.45, 2.75) is 19.1 Å². The second kappa shape index (κ2) is 5.19. The van der Waals surface area contributed by atoms with Crippen LogP contribution in [0.15, 0.2) is 42.5 Å². The first kappa shape index (κ1) is 12.5. The third kappa shape index (κ3) is 2.44. The Kier molecular flexibility index (Phi) is 3.40. The number of hydrogen-bond donors (Lipinski definition) is 1. The van der Waals surface area contributed by atoms with Gasteiger partial charge in [0.15, 0.2) is 0 Å². The van der Waals surface area contributed by atoms with Crippen LogP contribution in [0.3, 0.4) is 0 Å². The molecule has 3 rings (SSSR count). The highest BCUT2D eigenvalue weighted by Crippen LogP contribution is 2.27. The molecule has 0 spiro atoms. The molecule has 3 heteroatoms.